The summed E-state index contributed by atoms with van der Waals surface area (Å²) in [6.07, 6.45) is -4.51. The van der Waals surface area contributed by atoms with Gasteiger partial charge in [0.1, 0.15) is 5.75 Å². The highest BCUT2D eigenvalue weighted by molar-refractivity contribution is 6.31. The molecule has 0 aromatic heterocycles. The fraction of sp³-hybridized carbons (Fsp3) is 0.235. The van der Waals surface area contributed by atoms with Crippen molar-refractivity contribution in [3.63, 3.8) is 0 Å². The molecule has 0 atom stereocenters. The minimum atomic E-state index is -4.51. The van der Waals surface area contributed by atoms with Crippen LogP contribution >= 0.6 is 11.6 Å². The van der Waals surface area contributed by atoms with Crippen LogP contribution in [0.15, 0.2) is 42.5 Å². The van der Waals surface area contributed by atoms with Crippen LogP contribution in [0.5, 0.6) is 5.75 Å². The number of nitro groups is 1. The van der Waals surface area contributed by atoms with E-state index in [1.165, 1.54) is 42.3 Å². The number of nitrogens with zero attached hydrogens (tertiary/aromatic N) is 2. The van der Waals surface area contributed by atoms with Crippen LogP contribution in [0.2, 0.25) is 5.02 Å². The molecule has 0 N–H and O–H groups in total. The summed E-state index contributed by atoms with van der Waals surface area (Å²) in [6.45, 7) is -0.518. The molecule has 2 rings (SSSR count). The molecule has 6 nitrogen and oxygen atoms in total. The zero-order valence-electron chi connectivity index (χ0n) is 14.0. The maximum Gasteiger partial charge on any atom is 0.416 e. The average Bonchev–Trinajstić information content (AvgIpc) is 2.60. The third-order valence-corrected chi connectivity index (χ3v) is 3.97. The van der Waals surface area contributed by atoms with E-state index >= 15 is 0 Å². The van der Waals surface area contributed by atoms with Gasteiger partial charge >= 0.3 is 6.18 Å². The predicted octanol–water partition coefficient (Wildman–Crippen LogP) is 4.30. The van der Waals surface area contributed by atoms with E-state index in [2.05, 4.69) is 0 Å². The van der Waals surface area contributed by atoms with Crippen LogP contribution in [0.4, 0.5) is 18.9 Å². The topological polar surface area (TPSA) is 72.7 Å². The van der Waals surface area contributed by atoms with Crippen LogP contribution in [-0.2, 0) is 17.5 Å². The number of non-ortho nitro benzene ring substituents is 1. The first-order chi connectivity index (χ1) is 12.6. The number of halogens is 4. The molecule has 1 amide bonds. The number of alkyl halides is 3. The first kappa shape index (κ1) is 20.5. The van der Waals surface area contributed by atoms with Crippen molar-refractivity contribution in [1.82, 2.24) is 4.90 Å². The molecule has 27 heavy (non-hydrogen) atoms. The van der Waals surface area contributed by atoms with Gasteiger partial charge in [0.05, 0.1) is 10.5 Å². The summed E-state index contributed by atoms with van der Waals surface area (Å²) in [5.41, 5.74) is -0.694. The summed E-state index contributed by atoms with van der Waals surface area (Å²) < 4.78 is 43.1. The summed E-state index contributed by atoms with van der Waals surface area (Å²) in [4.78, 5) is 23.6. The molecule has 0 heterocycles. The Hall–Kier alpha value is -2.81. The highest BCUT2D eigenvalue weighted by Gasteiger charge is 2.30. The Bertz CT molecular complexity index is 858. The number of hydrogen-bond acceptors (Lipinski definition) is 4. The summed E-state index contributed by atoms with van der Waals surface area (Å²) in [7, 11) is 1.42. The standard InChI is InChI=1S/C17H14ClF3N2O4/c1-22(9-11-7-13(23(25)26)5-6-15(11)18)16(24)10-27-14-4-2-3-12(8-14)17(19,20)21/h2-8H,9-10H2,1H3. The summed E-state index contributed by atoms with van der Waals surface area (Å²) in [6, 6.07) is 8.02. The Labute approximate surface area is 157 Å². The van der Waals surface area contributed by atoms with Gasteiger partial charge in [-0.15, -0.1) is 0 Å². The lowest BCUT2D eigenvalue weighted by Gasteiger charge is -2.18. The van der Waals surface area contributed by atoms with Gasteiger partial charge in [-0.25, -0.2) is 0 Å². The SMILES string of the molecule is CN(Cc1cc([N+](=O)[O-])ccc1Cl)C(=O)COc1cccc(C(F)(F)F)c1. The zero-order valence-corrected chi connectivity index (χ0v) is 14.8. The molecule has 0 saturated carbocycles. The number of hydrogen-bond donors (Lipinski definition) is 0. The average molecular weight is 403 g/mol. The molecule has 2 aromatic carbocycles. The van der Waals surface area contributed by atoms with Gasteiger partial charge in [0.25, 0.3) is 11.6 Å². The number of rotatable bonds is 6. The molecule has 0 saturated heterocycles. The lowest BCUT2D eigenvalue weighted by molar-refractivity contribution is -0.384. The maximum atomic E-state index is 12.7. The van der Waals surface area contributed by atoms with Crippen molar-refractivity contribution >= 4 is 23.2 Å². The number of likely N-dealkylation sites (N-methyl/N-ethyl adjacent to an activating group) is 1. The number of benzene rings is 2. The van der Waals surface area contributed by atoms with Gasteiger partial charge in [-0.1, -0.05) is 17.7 Å². The molecule has 0 aliphatic rings. The van der Waals surface area contributed by atoms with Crippen molar-refractivity contribution in [2.24, 2.45) is 0 Å². The molecule has 0 aliphatic heterocycles. The Kier molecular flexibility index (Phi) is 6.27. The van der Waals surface area contributed by atoms with Crippen molar-refractivity contribution in [1.29, 1.82) is 0 Å². The second-order valence-electron chi connectivity index (χ2n) is 5.60. The molecule has 10 heteroatoms. The van der Waals surface area contributed by atoms with Gasteiger partial charge in [-0.3, -0.25) is 14.9 Å². The van der Waals surface area contributed by atoms with Gasteiger partial charge in [0, 0.05) is 30.7 Å². The zero-order chi connectivity index (χ0) is 20.2. The molecule has 0 aliphatic carbocycles. The Morgan fingerprint density at radius 2 is 1.96 bits per heavy atom. The first-order valence-corrected chi connectivity index (χ1v) is 7.92. The van der Waals surface area contributed by atoms with E-state index in [0.29, 0.717) is 5.56 Å². The molecule has 0 spiro atoms. The summed E-state index contributed by atoms with van der Waals surface area (Å²) in [5.74, 6) is -0.630. The van der Waals surface area contributed by atoms with E-state index in [-0.39, 0.29) is 23.0 Å². The predicted molar refractivity (Wildman–Crippen MR) is 91.5 cm³/mol. The summed E-state index contributed by atoms with van der Waals surface area (Å²) in [5, 5.41) is 11.1. The lowest BCUT2D eigenvalue weighted by Crippen LogP contribution is -2.31. The van der Waals surface area contributed by atoms with Gasteiger partial charge < -0.3 is 9.64 Å². The van der Waals surface area contributed by atoms with Gasteiger partial charge in [-0.05, 0) is 29.8 Å². The third kappa shape index (κ3) is 5.58. The molecule has 0 fully saturated rings. The van der Waals surface area contributed by atoms with Crippen LogP contribution in [0.25, 0.3) is 0 Å². The number of carbonyl (C=O) groups excluding carboxylic acids is 1. The quantitative estimate of drug-likeness (QED) is 0.533. The van der Waals surface area contributed by atoms with Crippen molar-refractivity contribution in [3.05, 3.63) is 68.7 Å². The van der Waals surface area contributed by atoms with E-state index in [0.717, 1.165) is 12.1 Å². The van der Waals surface area contributed by atoms with Crippen molar-refractivity contribution in [3.8, 4) is 5.75 Å². The molecule has 0 bridgehead atoms. The normalized spacial score (nSPS) is 11.1. The maximum absolute atomic E-state index is 12.7. The monoisotopic (exact) mass is 402 g/mol. The molecular weight excluding hydrogens is 389 g/mol. The number of ether oxygens (including phenoxy) is 1. The summed E-state index contributed by atoms with van der Waals surface area (Å²) >= 11 is 5.98. The molecule has 0 unspecified atom stereocenters. The molecule has 0 radical (unpaired) electrons. The minimum absolute atomic E-state index is 0.0225. The Morgan fingerprint density at radius 1 is 1.26 bits per heavy atom. The van der Waals surface area contributed by atoms with Crippen LogP contribution in [0, 0.1) is 10.1 Å². The van der Waals surface area contributed by atoms with E-state index in [9.17, 15) is 28.1 Å². The van der Waals surface area contributed by atoms with E-state index in [4.69, 9.17) is 16.3 Å². The second-order valence-corrected chi connectivity index (χ2v) is 6.00. The van der Waals surface area contributed by atoms with E-state index in [1.54, 1.807) is 0 Å². The van der Waals surface area contributed by atoms with Crippen molar-refractivity contribution < 1.29 is 27.6 Å². The van der Waals surface area contributed by atoms with E-state index in [1.807, 2.05) is 0 Å². The number of nitro benzene ring substituents is 1. The van der Waals surface area contributed by atoms with Crippen LogP contribution in [0.1, 0.15) is 11.1 Å². The van der Waals surface area contributed by atoms with Gasteiger partial charge in [0.15, 0.2) is 6.61 Å². The van der Waals surface area contributed by atoms with Crippen LogP contribution in [0.3, 0.4) is 0 Å². The second kappa shape index (κ2) is 8.26. The largest absolute Gasteiger partial charge is 0.484 e. The molecular formula is C17H14ClF3N2O4. The fourth-order valence-corrected chi connectivity index (χ4v) is 2.33. The Morgan fingerprint density at radius 3 is 2.59 bits per heavy atom. The highest BCUT2D eigenvalue weighted by atomic mass is 35.5. The van der Waals surface area contributed by atoms with Crippen molar-refractivity contribution in [2.45, 2.75) is 12.7 Å². The lowest BCUT2D eigenvalue weighted by atomic mass is 10.2. The fourth-order valence-electron chi connectivity index (χ4n) is 2.16. The van der Waals surface area contributed by atoms with Crippen LogP contribution in [-0.4, -0.2) is 29.4 Å². The highest BCUT2D eigenvalue weighted by Crippen LogP contribution is 2.31. The van der Waals surface area contributed by atoms with E-state index < -0.39 is 29.2 Å². The minimum Gasteiger partial charge on any atom is -0.484 e. The first-order valence-electron chi connectivity index (χ1n) is 7.55. The van der Waals surface area contributed by atoms with Gasteiger partial charge in [-0.2, -0.15) is 13.2 Å². The number of amides is 1. The molecule has 2 aromatic rings. The third-order valence-electron chi connectivity index (χ3n) is 3.60. The van der Waals surface area contributed by atoms with Gasteiger partial charge in [0.2, 0.25) is 0 Å². The van der Waals surface area contributed by atoms with Crippen LogP contribution < -0.4 is 4.74 Å². The van der Waals surface area contributed by atoms with Crippen molar-refractivity contribution in [2.75, 3.05) is 13.7 Å². The molecule has 144 valence electrons. The smallest absolute Gasteiger partial charge is 0.416 e. The number of carbonyl (C=O) groups is 1. The Balaban J connectivity index is 2.01.